The zero-order valence-electron chi connectivity index (χ0n) is 12.9. The number of anilines is 1. The maximum Gasteiger partial charge on any atom is 0.226 e. The van der Waals surface area contributed by atoms with E-state index in [9.17, 15) is 4.79 Å². The lowest BCUT2D eigenvalue weighted by molar-refractivity contribution is -0.118. The number of amides is 1. The Kier molecular flexibility index (Phi) is 4.57. The van der Waals surface area contributed by atoms with Crippen LogP contribution in [0.2, 0.25) is 0 Å². The van der Waals surface area contributed by atoms with E-state index in [-0.39, 0.29) is 11.8 Å². The van der Waals surface area contributed by atoms with E-state index in [2.05, 4.69) is 25.5 Å². The number of hydrogen-bond acceptors (Lipinski definition) is 5. The van der Waals surface area contributed by atoms with E-state index < -0.39 is 0 Å². The minimum absolute atomic E-state index is 0.0192. The van der Waals surface area contributed by atoms with Gasteiger partial charge in [0.05, 0.1) is 11.6 Å². The SMILES string of the molecule is CC(C)C(=O)Nc1cccc(CSc2ncnc3[nH]ncc23)c1. The Balaban J connectivity index is 1.71. The van der Waals surface area contributed by atoms with Crippen LogP contribution < -0.4 is 5.32 Å². The molecule has 0 radical (unpaired) electrons. The molecule has 2 N–H and O–H groups in total. The first-order chi connectivity index (χ1) is 11.1. The van der Waals surface area contributed by atoms with Crippen molar-refractivity contribution in [2.75, 3.05) is 5.32 Å². The lowest BCUT2D eigenvalue weighted by Crippen LogP contribution is -2.17. The normalized spacial score (nSPS) is 11.1. The number of carbonyl (C=O) groups excluding carboxylic acids is 1. The van der Waals surface area contributed by atoms with Gasteiger partial charge in [-0.2, -0.15) is 5.10 Å². The van der Waals surface area contributed by atoms with Gasteiger partial charge in [0.25, 0.3) is 0 Å². The lowest BCUT2D eigenvalue weighted by Gasteiger charge is -2.09. The average Bonchev–Trinajstić information content (AvgIpc) is 3.02. The first-order valence-corrected chi connectivity index (χ1v) is 8.28. The van der Waals surface area contributed by atoms with Crippen molar-refractivity contribution in [3.63, 3.8) is 0 Å². The number of aromatic amines is 1. The average molecular weight is 327 g/mol. The summed E-state index contributed by atoms with van der Waals surface area (Å²) in [7, 11) is 0. The van der Waals surface area contributed by atoms with Crippen LogP contribution in [0.15, 0.2) is 41.8 Å². The third-order valence-electron chi connectivity index (χ3n) is 3.31. The van der Waals surface area contributed by atoms with E-state index in [4.69, 9.17) is 0 Å². The predicted octanol–water partition coefficient (Wildman–Crippen LogP) is 3.24. The predicted molar refractivity (Wildman–Crippen MR) is 91.2 cm³/mol. The van der Waals surface area contributed by atoms with E-state index in [1.165, 1.54) is 6.33 Å². The van der Waals surface area contributed by atoms with Crippen molar-refractivity contribution >= 4 is 34.4 Å². The Morgan fingerprint density at radius 1 is 1.35 bits per heavy atom. The summed E-state index contributed by atoms with van der Waals surface area (Å²) in [5.74, 6) is 0.733. The number of nitrogens with zero attached hydrogens (tertiary/aromatic N) is 3. The van der Waals surface area contributed by atoms with E-state index in [0.717, 1.165) is 33.1 Å². The van der Waals surface area contributed by atoms with Crippen LogP contribution in [0.5, 0.6) is 0 Å². The summed E-state index contributed by atoms with van der Waals surface area (Å²) < 4.78 is 0. The molecule has 1 aromatic carbocycles. The van der Waals surface area contributed by atoms with Gasteiger partial charge in [-0.25, -0.2) is 9.97 Å². The topological polar surface area (TPSA) is 83.6 Å². The fourth-order valence-electron chi connectivity index (χ4n) is 2.04. The third-order valence-corrected chi connectivity index (χ3v) is 4.38. The molecule has 2 heterocycles. The number of hydrogen-bond donors (Lipinski definition) is 2. The van der Waals surface area contributed by atoms with E-state index in [0.29, 0.717) is 0 Å². The zero-order chi connectivity index (χ0) is 16.2. The molecule has 0 fully saturated rings. The Labute approximate surface area is 138 Å². The number of thioether (sulfide) groups is 1. The summed E-state index contributed by atoms with van der Waals surface area (Å²) in [6.07, 6.45) is 3.26. The third kappa shape index (κ3) is 3.68. The van der Waals surface area contributed by atoms with Crippen molar-refractivity contribution in [2.45, 2.75) is 24.6 Å². The molecule has 0 unspecified atom stereocenters. The standard InChI is InChI=1S/C16H17N5OS/c1-10(2)15(22)20-12-5-3-4-11(6-12)8-23-16-13-7-19-21-14(13)17-9-18-16/h3-7,9-10H,8H2,1-2H3,(H,20,22)(H,17,18,19,21). The fraction of sp³-hybridized carbons (Fsp3) is 0.250. The quantitative estimate of drug-likeness (QED) is 0.555. The highest BCUT2D eigenvalue weighted by molar-refractivity contribution is 7.98. The Morgan fingerprint density at radius 3 is 3.04 bits per heavy atom. The first-order valence-electron chi connectivity index (χ1n) is 7.30. The van der Waals surface area contributed by atoms with Crippen LogP contribution in [0.1, 0.15) is 19.4 Å². The molecule has 7 heteroatoms. The molecule has 0 aliphatic carbocycles. The summed E-state index contributed by atoms with van der Waals surface area (Å²) in [4.78, 5) is 20.2. The lowest BCUT2D eigenvalue weighted by atomic mass is 10.2. The molecule has 3 rings (SSSR count). The molecule has 3 aromatic rings. The summed E-state index contributed by atoms with van der Waals surface area (Å²) >= 11 is 1.62. The molecule has 0 bridgehead atoms. The maximum absolute atomic E-state index is 11.8. The van der Waals surface area contributed by atoms with Crippen LogP contribution in [-0.2, 0) is 10.5 Å². The number of carbonyl (C=O) groups is 1. The molecule has 0 atom stereocenters. The minimum Gasteiger partial charge on any atom is -0.326 e. The molecule has 118 valence electrons. The summed E-state index contributed by atoms with van der Waals surface area (Å²) in [5.41, 5.74) is 2.67. The molecular formula is C16H17N5OS. The van der Waals surface area contributed by atoms with E-state index in [1.807, 2.05) is 38.1 Å². The maximum atomic E-state index is 11.8. The van der Waals surface area contributed by atoms with Gasteiger partial charge < -0.3 is 5.32 Å². The molecule has 0 aliphatic rings. The molecule has 0 spiro atoms. The second-order valence-electron chi connectivity index (χ2n) is 5.44. The van der Waals surface area contributed by atoms with E-state index >= 15 is 0 Å². The van der Waals surface area contributed by atoms with Crippen molar-refractivity contribution in [2.24, 2.45) is 5.92 Å². The second-order valence-corrected chi connectivity index (χ2v) is 6.41. The van der Waals surface area contributed by atoms with Crippen LogP contribution in [0.25, 0.3) is 11.0 Å². The van der Waals surface area contributed by atoms with Gasteiger partial charge in [0.2, 0.25) is 5.91 Å². The van der Waals surface area contributed by atoms with Crippen LogP contribution in [0.4, 0.5) is 5.69 Å². The second kappa shape index (κ2) is 6.78. The molecule has 0 aliphatic heterocycles. The number of aromatic nitrogens is 4. The molecular weight excluding hydrogens is 310 g/mol. The molecule has 0 saturated carbocycles. The monoisotopic (exact) mass is 327 g/mol. The van der Waals surface area contributed by atoms with Crippen molar-refractivity contribution in [3.8, 4) is 0 Å². The Morgan fingerprint density at radius 2 is 2.22 bits per heavy atom. The number of H-pyrrole nitrogens is 1. The summed E-state index contributed by atoms with van der Waals surface area (Å²) in [6.45, 7) is 3.75. The van der Waals surface area contributed by atoms with Crippen molar-refractivity contribution in [3.05, 3.63) is 42.4 Å². The molecule has 2 aromatic heterocycles. The van der Waals surface area contributed by atoms with Gasteiger partial charge in [0.1, 0.15) is 11.4 Å². The highest BCUT2D eigenvalue weighted by Crippen LogP contribution is 2.27. The molecule has 6 nitrogen and oxygen atoms in total. The van der Waals surface area contributed by atoms with Gasteiger partial charge in [-0.05, 0) is 17.7 Å². The van der Waals surface area contributed by atoms with Crippen LogP contribution in [-0.4, -0.2) is 26.1 Å². The van der Waals surface area contributed by atoms with Gasteiger partial charge in [0.15, 0.2) is 5.65 Å². The van der Waals surface area contributed by atoms with Gasteiger partial charge in [-0.15, -0.1) is 11.8 Å². The summed E-state index contributed by atoms with van der Waals surface area (Å²) in [6, 6.07) is 7.86. The van der Waals surface area contributed by atoms with E-state index in [1.54, 1.807) is 18.0 Å². The highest BCUT2D eigenvalue weighted by atomic mass is 32.2. The molecule has 1 amide bonds. The van der Waals surface area contributed by atoms with Crippen LogP contribution in [0, 0.1) is 5.92 Å². The van der Waals surface area contributed by atoms with Gasteiger partial charge in [-0.1, -0.05) is 26.0 Å². The minimum atomic E-state index is -0.0385. The van der Waals surface area contributed by atoms with Crippen LogP contribution in [0.3, 0.4) is 0 Å². The van der Waals surface area contributed by atoms with Gasteiger partial charge in [0, 0.05) is 17.4 Å². The van der Waals surface area contributed by atoms with Crippen molar-refractivity contribution in [1.82, 2.24) is 20.2 Å². The van der Waals surface area contributed by atoms with Gasteiger partial charge >= 0.3 is 0 Å². The van der Waals surface area contributed by atoms with Gasteiger partial charge in [-0.3, -0.25) is 9.89 Å². The zero-order valence-corrected chi connectivity index (χ0v) is 13.7. The Bertz CT molecular complexity index is 830. The number of nitrogens with one attached hydrogen (secondary N) is 2. The van der Waals surface area contributed by atoms with Crippen molar-refractivity contribution < 1.29 is 4.79 Å². The number of rotatable bonds is 5. The number of benzene rings is 1. The largest absolute Gasteiger partial charge is 0.326 e. The smallest absolute Gasteiger partial charge is 0.226 e. The summed E-state index contributed by atoms with van der Waals surface area (Å²) in [5, 5.41) is 11.6. The van der Waals surface area contributed by atoms with Crippen LogP contribution >= 0.6 is 11.8 Å². The number of fused-ring (bicyclic) bond motifs is 1. The highest BCUT2D eigenvalue weighted by Gasteiger charge is 2.09. The molecule has 23 heavy (non-hydrogen) atoms. The first kappa shape index (κ1) is 15.5. The van der Waals surface area contributed by atoms with Crippen molar-refractivity contribution in [1.29, 1.82) is 0 Å². The Hall–Kier alpha value is -2.41. The molecule has 0 saturated heterocycles. The fourth-order valence-corrected chi connectivity index (χ4v) is 2.94.